The normalized spacial score (nSPS) is 30.8. The monoisotopic (exact) mass is 566 g/mol. The molecule has 3 aliphatic rings. The SMILES string of the molecule is CCC[C@H](C)C[C@@H](C=C[C@@H]1[C@@H](CC(=O)CCCCC(=O)OC)[C@@H](O)C[C@H]1OC1CCCCO1)OC1CCCCO1. The van der Waals surface area contributed by atoms with Crippen LogP contribution in [0.4, 0.5) is 0 Å². The fourth-order valence-electron chi connectivity index (χ4n) is 6.31. The van der Waals surface area contributed by atoms with E-state index in [1.807, 2.05) is 0 Å². The Bertz CT molecular complexity index is 758. The zero-order chi connectivity index (χ0) is 28.7. The van der Waals surface area contributed by atoms with E-state index in [0.29, 0.717) is 51.0 Å². The number of carbonyl (C=O) groups is 2. The molecule has 3 fully saturated rings. The van der Waals surface area contributed by atoms with Crippen molar-refractivity contribution in [1.29, 1.82) is 0 Å². The number of hydrogen-bond donors (Lipinski definition) is 1. The molecule has 1 aliphatic carbocycles. The molecule has 1 saturated carbocycles. The van der Waals surface area contributed by atoms with Crippen molar-refractivity contribution in [3.05, 3.63) is 12.2 Å². The third kappa shape index (κ3) is 11.5. The van der Waals surface area contributed by atoms with E-state index in [4.69, 9.17) is 23.7 Å². The summed E-state index contributed by atoms with van der Waals surface area (Å²) < 4.78 is 29.3. The highest BCUT2D eigenvalue weighted by Gasteiger charge is 2.44. The van der Waals surface area contributed by atoms with Gasteiger partial charge in [-0.3, -0.25) is 9.59 Å². The number of ether oxygens (including phenoxy) is 5. The van der Waals surface area contributed by atoms with E-state index in [9.17, 15) is 14.7 Å². The largest absolute Gasteiger partial charge is 0.469 e. The highest BCUT2D eigenvalue weighted by molar-refractivity contribution is 5.78. The summed E-state index contributed by atoms with van der Waals surface area (Å²) in [4.78, 5) is 24.3. The number of unbranched alkanes of at least 4 members (excludes halogenated alkanes) is 1. The lowest BCUT2D eigenvalue weighted by Crippen LogP contribution is -2.32. The third-order valence-electron chi connectivity index (χ3n) is 8.56. The van der Waals surface area contributed by atoms with Gasteiger partial charge in [0.05, 0.1) is 25.4 Å². The summed E-state index contributed by atoms with van der Waals surface area (Å²) in [5.74, 6) is 0.0405. The molecule has 230 valence electrons. The van der Waals surface area contributed by atoms with Gasteiger partial charge in [0.1, 0.15) is 5.78 Å². The quantitative estimate of drug-likeness (QED) is 0.132. The smallest absolute Gasteiger partial charge is 0.305 e. The van der Waals surface area contributed by atoms with Crippen LogP contribution in [0, 0.1) is 17.8 Å². The Morgan fingerprint density at radius 2 is 1.73 bits per heavy atom. The van der Waals surface area contributed by atoms with Crippen LogP contribution < -0.4 is 0 Å². The van der Waals surface area contributed by atoms with Crippen molar-refractivity contribution in [1.82, 2.24) is 0 Å². The van der Waals surface area contributed by atoms with Gasteiger partial charge in [0.25, 0.3) is 0 Å². The Morgan fingerprint density at radius 1 is 1.02 bits per heavy atom. The van der Waals surface area contributed by atoms with Gasteiger partial charge < -0.3 is 28.8 Å². The van der Waals surface area contributed by atoms with E-state index < -0.39 is 6.10 Å². The summed E-state index contributed by atoms with van der Waals surface area (Å²) in [6, 6.07) is 0. The molecule has 40 heavy (non-hydrogen) atoms. The molecular weight excluding hydrogens is 512 g/mol. The molecule has 3 rings (SSSR count). The molecule has 8 atom stereocenters. The van der Waals surface area contributed by atoms with E-state index >= 15 is 0 Å². The number of methoxy groups -OCH3 is 1. The van der Waals surface area contributed by atoms with Crippen molar-refractivity contribution in [2.75, 3.05) is 20.3 Å². The fourth-order valence-corrected chi connectivity index (χ4v) is 6.31. The number of Topliss-reactive ketones (excluding diaryl/α,β-unsaturated/α-hetero) is 1. The number of hydrogen-bond acceptors (Lipinski definition) is 8. The van der Waals surface area contributed by atoms with Gasteiger partial charge >= 0.3 is 5.97 Å². The van der Waals surface area contributed by atoms with E-state index in [1.54, 1.807) is 0 Å². The summed E-state index contributed by atoms with van der Waals surface area (Å²) in [6.45, 7) is 5.91. The first-order valence-corrected chi connectivity index (χ1v) is 15.9. The van der Waals surface area contributed by atoms with Crippen LogP contribution in [0.2, 0.25) is 0 Å². The van der Waals surface area contributed by atoms with Crippen molar-refractivity contribution >= 4 is 11.8 Å². The van der Waals surface area contributed by atoms with E-state index in [2.05, 4.69) is 26.0 Å². The van der Waals surface area contributed by atoms with Crippen molar-refractivity contribution < 1.29 is 38.4 Å². The maximum atomic E-state index is 13.0. The number of ketones is 1. The van der Waals surface area contributed by atoms with E-state index in [-0.39, 0.29) is 48.4 Å². The summed E-state index contributed by atoms with van der Waals surface area (Å²) in [5, 5.41) is 11.1. The molecule has 1 N–H and O–H groups in total. The second-order valence-corrected chi connectivity index (χ2v) is 12.0. The Balaban J connectivity index is 1.69. The topological polar surface area (TPSA) is 101 Å². The standard InChI is InChI=1S/C32H54O8/c1-4-11-23(2)20-25(39-31-14-7-9-18-37-31)16-17-26-27(21-24(33)12-5-6-13-30(35)36-3)28(34)22-29(26)40-32-15-8-10-19-38-32/h16-17,23,25-29,31-32,34H,4-15,18-22H2,1-3H3/t23-,25+,26+,27+,28-,29+,31?,32?/m0/s1. The van der Waals surface area contributed by atoms with Gasteiger partial charge in [-0.1, -0.05) is 38.8 Å². The van der Waals surface area contributed by atoms with Crippen LogP contribution in [0.15, 0.2) is 12.2 Å². The number of aliphatic hydroxyl groups excluding tert-OH is 1. The molecule has 0 aromatic heterocycles. The number of aliphatic hydroxyl groups is 1. The first-order chi connectivity index (χ1) is 19.4. The Morgan fingerprint density at radius 3 is 2.38 bits per heavy atom. The van der Waals surface area contributed by atoms with Gasteiger partial charge in [0.2, 0.25) is 0 Å². The predicted octanol–water partition coefficient (Wildman–Crippen LogP) is 5.88. The zero-order valence-electron chi connectivity index (χ0n) is 25.1. The summed E-state index contributed by atoms with van der Waals surface area (Å²) in [6.07, 6.45) is 14.9. The molecule has 2 aliphatic heterocycles. The molecule has 0 spiro atoms. The van der Waals surface area contributed by atoms with Gasteiger partial charge in [0.15, 0.2) is 12.6 Å². The Hall–Kier alpha value is -1.32. The van der Waals surface area contributed by atoms with Crippen molar-refractivity contribution in [2.45, 2.75) is 141 Å². The Kier molecular flexibility index (Phi) is 15.2. The second-order valence-electron chi connectivity index (χ2n) is 12.0. The maximum absolute atomic E-state index is 13.0. The van der Waals surface area contributed by atoms with Crippen molar-refractivity contribution in [3.63, 3.8) is 0 Å². The predicted molar refractivity (Wildman–Crippen MR) is 152 cm³/mol. The van der Waals surface area contributed by atoms with Gasteiger partial charge in [-0.15, -0.1) is 0 Å². The van der Waals surface area contributed by atoms with Crippen LogP contribution >= 0.6 is 0 Å². The first-order valence-electron chi connectivity index (χ1n) is 15.9. The molecule has 0 amide bonds. The van der Waals surface area contributed by atoms with Gasteiger partial charge in [-0.25, -0.2) is 0 Å². The molecule has 2 unspecified atom stereocenters. The molecule has 0 bridgehead atoms. The van der Waals surface area contributed by atoms with Crippen LogP contribution in [-0.2, 0) is 33.3 Å². The maximum Gasteiger partial charge on any atom is 0.305 e. The van der Waals surface area contributed by atoms with Crippen LogP contribution in [0.5, 0.6) is 0 Å². The summed E-state index contributed by atoms with van der Waals surface area (Å²) >= 11 is 0. The number of carbonyl (C=O) groups excluding carboxylic acids is 2. The molecule has 8 heteroatoms. The number of esters is 1. The highest BCUT2D eigenvalue weighted by Crippen LogP contribution is 2.40. The average molecular weight is 567 g/mol. The molecule has 0 aromatic carbocycles. The van der Waals surface area contributed by atoms with Crippen LogP contribution in [0.1, 0.15) is 110 Å². The first kappa shape index (κ1) is 33.2. The lowest BCUT2D eigenvalue weighted by molar-refractivity contribution is -0.193. The minimum Gasteiger partial charge on any atom is -0.469 e. The minimum absolute atomic E-state index is 0.0938. The Labute approximate surface area is 241 Å². The average Bonchev–Trinajstić information content (AvgIpc) is 3.23. The lowest BCUT2D eigenvalue weighted by Gasteiger charge is -2.30. The molecule has 0 aromatic rings. The van der Waals surface area contributed by atoms with E-state index in [0.717, 1.165) is 64.4 Å². The van der Waals surface area contributed by atoms with Crippen LogP contribution in [-0.4, -0.2) is 68.1 Å². The molecule has 0 radical (unpaired) electrons. The lowest BCUT2D eigenvalue weighted by atomic mass is 9.87. The minimum atomic E-state index is -0.623. The molecule has 8 nitrogen and oxygen atoms in total. The zero-order valence-corrected chi connectivity index (χ0v) is 25.1. The number of rotatable bonds is 17. The van der Waals surface area contributed by atoms with Gasteiger partial charge in [-0.05, 0) is 63.7 Å². The van der Waals surface area contributed by atoms with Gasteiger partial charge in [-0.2, -0.15) is 0 Å². The summed E-state index contributed by atoms with van der Waals surface area (Å²) in [5.41, 5.74) is 0. The highest BCUT2D eigenvalue weighted by atomic mass is 16.7. The molecule has 2 heterocycles. The van der Waals surface area contributed by atoms with Crippen molar-refractivity contribution in [2.24, 2.45) is 17.8 Å². The molecular formula is C32H54O8. The van der Waals surface area contributed by atoms with Crippen LogP contribution in [0.25, 0.3) is 0 Å². The summed E-state index contributed by atoms with van der Waals surface area (Å²) in [7, 11) is 1.38. The van der Waals surface area contributed by atoms with Crippen LogP contribution in [0.3, 0.4) is 0 Å². The fraction of sp³-hybridized carbons (Fsp3) is 0.875. The third-order valence-corrected chi connectivity index (χ3v) is 8.56. The van der Waals surface area contributed by atoms with Crippen molar-refractivity contribution in [3.8, 4) is 0 Å². The molecule has 2 saturated heterocycles. The van der Waals surface area contributed by atoms with Gasteiger partial charge in [0, 0.05) is 50.7 Å². The van der Waals surface area contributed by atoms with E-state index in [1.165, 1.54) is 7.11 Å². The second kappa shape index (κ2) is 18.3.